The Kier molecular flexibility index (Phi) is 5.66. The molecule has 0 bridgehead atoms. The molecule has 0 unspecified atom stereocenters. The molecule has 0 fully saturated rings. The molecule has 0 saturated carbocycles. The van der Waals surface area contributed by atoms with Crippen molar-refractivity contribution in [1.29, 1.82) is 0 Å². The standard InChI is InChI=1S/C22H21ClFN3O/c1-3-13-9-12(2)15-8-7-14(21(28)27-22(25)26)11-16(15)17(10-13)20-18(23)5-4-6-19(20)24/h4-9,11H,3,10H2,1-2H3,(H4,25,26,27,28). The van der Waals surface area contributed by atoms with E-state index in [4.69, 9.17) is 23.1 Å². The van der Waals surface area contributed by atoms with Gasteiger partial charge in [0.1, 0.15) is 5.82 Å². The smallest absolute Gasteiger partial charge is 0.280 e. The number of guanidine groups is 1. The van der Waals surface area contributed by atoms with Gasteiger partial charge in [0.25, 0.3) is 5.91 Å². The van der Waals surface area contributed by atoms with Gasteiger partial charge < -0.3 is 11.5 Å². The molecule has 0 radical (unpaired) electrons. The summed E-state index contributed by atoms with van der Waals surface area (Å²) in [6, 6.07) is 9.84. The molecule has 28 heavy (non-hydrogen) atoms. The van der Waals surface area contributed by atoms with Crippen molar-refractivity contribution in [2.24, 2.45) is 16.5 Å². The highest BCUT2D eigenvalue weighted by Gasteiger charge is 2.18. The predicted molar refractivity (Wildman–Crippen MR) is 112 cm³/mol. The topological polar surface area (TPSA) is 81.5 Å². The van der Waals surface area contributed by atoms with E-state index in [1.807, 2.05) is 13.0 Å². The number of halogens is 2. The molecule has 2 aromatic rings. The number of hydrogen-bond donors (Lipinski definition) is 2. The zero-order valence-electron chi connectivity index (χ0n) is 15.7. The first-order chi connectivity index (χ1) is 13.3. The minimum atomic E-state index is -0.549. The van der Waals surface area contributed by atoms with Gasteiger partial charge in [-0.3, -0.25) is 4.79 Å². The predicted octanol–water partition coefficient (Wildman–Crippen LogP) is 3.00. The maximum atomic E-state index is 14.8. The Morgan fingerprint density at radius 2 is 1.96 bits per heavy atom. The number of benzene rings is 2. The minimum absolute atomic E-state index is 0.307. The lowest BCUT2D eigenvalue weighted by atomic mass is 9.94. The maximum absolute atomic E-state index is 14.8. The van der Waals surface area contributed by atoms with Crippen molar-refractivity contribution in [1.82, 2.24) is 0 Å². The lowest BCUT2D eigenvalue weighted by Crippen LogP contribution is -2.30. The van der Waals surface area contributed by atoms with Gasteiger partial charge in [0.2, 0.25) is 0 Å². The highest BCUT2D eigenvalue weighted by molar-refractivity contribution is 6.32. The number of rotatable bonds is 3. The Balaban J connectivity index is 2.43. The van der Waals surface area contributed by atoms with Crippen molar-refractivity contribution in [3.05, 3.63) is 80.5 Å². The Bertz CT molecular complexity index is 1120. The van der Waals surface area contributed by atoms with Gasteiger partial charge in [0, 0.05) is 11.1 Å². The van der Waals surface area contributed by atoms with Gasteiger partial charge in [-0.15, -0.1) is 0 Å². The van der Waals surface area contributed by atoms with Crippen LogP contribution < -0.4 is 21.9 Å². The number of carbonyl (C=O) groups excluding carboxylic acids is 1. The third kappa shape index (κ3) is 3.85. The summed E-state index contributed by atoms with van der Waals surface area (Å²) >= 11 is 6.37. The largest absolute Gasteiger partial charge is 0.370 e. The summed E-state index contributed by atoms with van der Waals surface area (Å²) in [6.07, 6.45) is 3.46. The third-order valence-electron chi connectivity index (χ3n) is 4.79. The van der Waals surface area contributed by atoms with Crippen LogP contribution in [0.25, 0.3) is 11.1 Å². The third-order valence-corrected chi connectivity index (χ3v) is 5.11. The van der Waals surface area contributed by atoms with Gasteiger partial charge in [0.15, 0.2) is 5.96 Å². The Hall–Kier alpha value is -2.92. The molecule has 1 amide bonds. The van der Waals surface area contributed by atoms with Crippen LogP contribution in [-0.4, -0.2) is 11.9 Å². The number of carbonyl (C=O) groups is 1. The summed E-state index contributed by atoms with van der Waals surface area (Å²) in [6.45, 7) is 4.06. The number of amides is 1. The first-order valence-electron chi connectivity index (χ1n) is 8.93. The molecular formula is C22H21ClFN3O. The molecule has 0 spiro atoms. The zero-order valence-corrected chi connectivity index (χ0v) is 16.5. The summed E-state index contributed by atoms with van der Waals surface area (Å²) < 4.78 is 14.8. The Morgan fingerprint density at radius 3 is 2.61 bits per heavy atom. The Labute approximate surface area is 167 Å². The van der Waals surface area contributed by atoms with E-state index in [0.29, 0.717) is 22.6 Å². The summed E-state index contributed by atoms with van der Waals surface area (Å²) in [5, 5.41) is 2.00. The fraction of sp³-hybridized carbons (Fsp3) is 0.182. The van der Waals surface area contributed by atoms with E-state index >= 15 is 0 Å². The van der Waals surface area contributed by atoms with Crippen LogP contribution in [0.3, 0.4) is 0 Å². The van der Waals surface area contributed by atoms with E-state index in [0.717, 1.165) is 33.6 Å². The van der Waals surface area contributed by atoms with Crippen molar-refractivity contribution in [2.75, 3.05) is 0 Å². The molecule has 144 valence electrons. The van der Waals surface area contributed by atoms with Crippen LogP contribution >= 0.6 is 11.6 Å². The second kappa shape index (κ2) is 7.98. The molecule has 4 N–H and O–H groups in total. The highest BCUT2D eigenvalue weighted by Crippen LogP contribution is 2.31. The van der Waals surface area contributed by atoms with Crippen LogP contribution in [0, 0.1) is 5.82 Å². The van der Waals surface area contributed by atoms with Gasteiger partial charge in [-0.25, -0.2) is 4.39 Å². The van der Waals surface area contributed by atoms with Crippen molar-refractivity contribution in [3.8, 4) is 0 Å². The fourth-order valence-electron chi connectivity index (χ4n) is 3.45. The average Bonchev–Trinajstić information content (AvgIpc) is 2.78. The van der Waals surface area contributed by atoms with E-state index in [1.165, 1.54) is 6.07 Å². The Morgan fingerprint density at radius 1 is 1.21 bits per heavy atom. The van der Waals surface area contributed by atoms with Crippen LogP contribution in [0.4, 0.5) is 4.39 Å². The SMILES string of the molecule is CCC1=CC(C)=c2ccc(C(=O)N=C(N)N)cc2=C(c2c(F)cccc2Cl)C1. The van der Waals surface area contributed by atoms with Crippen molar-refractivity contribution < 1.29 is 9.18 Å². The fourth-order valence-corrected chi connectivity index (χ4v) is 3.72. The van der Waals surface area contributed by atoms with Gasteiger partial charge in [0.05, 0.1) is 5.02 Å². The van der Waals surface area contributed by atoms with Crippen molar-refractivity contribution in [2.45, 2.75) is 26.7 Å². The molecule has 0 aromatic heterocycles. The van der Waals surface area contributed by atoms with Crippen LogP contribution in [0.1, 0.15) is 42.6 Å². The van der Waals surface area contributed by atoms with Gasteiger partial charge in [-0.1, -0.05) is 42.3 Å². The zero-order chi connectivity index (χ0) is 20.4. The molecule has 3 rings (SSSR count). The number of fused-ring (bicyclic) bond motifs is 1. The molecule has 0 aliphatic heterocycles. The van der Waals surface area contributed by atoms with Crippen LogP contribution in [-0.2, 0) is 0 Å². The molecule has 4 nitrogen and oxygen atoms in total. The van der Waals surface area contributed by atoms with E-state index in [9.17, 15) is 9.18 Å². The van der Waals surface area contributed by atoms with Gasteiger partial charge >= 0.3 is 0 Å². The quantitative estimate of drug-likeness (QED) is 0.617. The average molecular weight is 398 g/mol. The summed E-state index contributed by atoms with van der Waals surface area (Å²) in [4.78, 5) is 15.9. The maximum Gasteiger partial charge on any atom is 0.280 e. The molecule has 1 aliphatic rings. The summed E-state index contributed by atoms with van der Waals surface area (Å²) in [5.74, 6) is -1.25. The van der Waals surface area contributed by atoms with Gasteiger partial charge in [-0.05, 0) is 65.6 Å². The van der Waals surface area contributed by atoms with Crippen molar-refractivity contribution in [3.63, 3.8) is 0 Å². The molecule has 0 heterocycles. The molecule has 6 heteroatoms. The molecular weight excluding hydrogens is 377 g/mol. The van der Waals surface area contributed by atoms with E-state index in [2.05, 4.69) is 18.0 Å². The van der Waals surface area contributed by atoms with Crippen LogP contribution in [0.2, 0.25) is 5.02 Å². The van der Waals surface area contributed by atoms with E-state index in [-0.39, 0.29) is 5.96 Å². The number of nitrogens with zero attached hydrogens (tertiary/aromatic N) is 1. The number of aliphatic imine (C=N–C) groups is 1. The first-order valence-corrected chi connectivity index (χ1v) is 9.31. The van der Waals surface area contributed by atoms with E-state index in [1.54, 1.807) is 24.3 Å². The first kappa shape index (κ1) is 19.8. The van der Waals surface area contributed by atoms with Crippen LogP contribution in [0.15, 0.2) is 53.0 Å². The second-order valence-corrected chi connectivity index (χ2v) is 7.10. The van der Waals surface area contributed by atoms with Crippen LogP contribution in [0.5, 0.6) is 0 Å². The monoisotopic (exact) mass is 397 g/mol. The summed E-state index contributed by atoms with van der Waals surface area (Å²) in [5.41, 5.74) is 14.3. The number of hydrogen-bond acceptors (Lipinski definition) is 1. The lowest BCUT2D eigenvalue weighted by molar-refractivity contribution is 0.100. The number of allylic oxidation sites excluding steroid dienone is 2. The summed E-state index contributed by atoms with van der Waals surface area (Å²) in [7, 11) is 0. The molecule has 2 aromatic carbocycles. The minimum Gasteiger partial charge on any atom is -0.370 e. The molecule has 0 saturated heterocycles. The number of nitrogens with two attached hydrogens (primary N) is 2. The van der Waals surface area contributed by atoms with Gasteiger partial charge in [-0.2, -0.15) is 4.99 Å². The lowest BCUT2D eigenvalue weighted by Gasteiger charge is -2.13. The molecule has 1 aliphatic carbocycles. The normalized spacial score (nSPS) is 13.5. The highest BCUT2D eigenvalue weighted by atomic mass is 35.5. The van der Waals surface area contributed by atoms with Crippen molar-refractivity contribution >= 4 is 34.6 Å². The molecule has 0 atom stereocenters. The second-order valence-electron chi connectivity index (χ2n) is 6.69. The van der Waals surface area contributed by atoms with E-state index < -0.39 is 11.7 Å².